The van der Waals surface area contributed by atoms with Crippen molar-refractivity contribution in [3.05, 3.63) is 97.3 Å². The van der Waals surface area contributed by atoms with Gasteiger partial charge in [0, 0.05) is 6.08 Å². The van der Waals surface area contributed by atoms with Gasteiger partial charge in [-0.3, -0.25) is 0 Å². The highest BCUT2D eigenvalue weighted by atomic mass is 16.6. The fraction of sp³-hybridized carbons (Fsp3) is 0.174. The number of aliphatic hydroxyl groups is 1. The molecule has 0 aliphatic rings. The number of carbonyl (C=O) groups is 1. The normalized spacial score (nSPS) is 9.81. The van der Waals surface area contributed by atoms with E-state index in [1.807, 2.05) is 87.5 Å². The third-order valence-electron chi connectivity index (χ3n) is 2.68. The third-order valence-corrected chi connectivity index (χ3v) is 2.68. The van der Waals surface area contributed by atoms with Gasteiger partial charge in [-0.05, 0) is 38.0 Å². The molecule has 0 atom stereocenters. The number of esters is 1. The predicted octanol–water partition coefficient (Wildman–Crippen LogP) is 6.06. The molecule has 3 nitrogen and oxygen atoms in total. The zero-order valence-corrected chi connectivity index (χ0v) is 15.8. The summed E-state index contributed by atoms with van der Waals surface area (Å²) in [5, 5.41) is 8.34. The number of aliphatic hydroxyl groups excluding tert-OH is 1. The summed E-state index contributed by atoms with van der Waals surface area (Å²) < 4.78 is 4.83. The van der Waals surface area contributed by atoms with E-state index in [0.717, 1.165) is 17.9 Å². The molecule has 0 saturated carbocycles. The Morgan fingerprint density at radius 2 is 1.38 bits per heavy atom. The maximum absolute atomic E-state index is 10.5. The molecule has 0 radical (unpaired) electrons. The van der Waals surface area contributed by atoms with Crippen molar-refractivity contribution in [3.8, 4) is 0 Å². The second-order valence-electron chi connectivity index (χ2n) is 6.08. The first kappa shape index (κ1) is 22.9. The molecule has 0 fully saturated rings. The summed E-state index contributed by atoms with van der Waals surface area (Å²) in [6, 6.07) is 19.7. The molecular weight excluding hydrogens is 324 g/mol. The van der Waals surface area contributed by atoms with Crippen LogP contribution in [-0.4, -0.2) is 16.7 Å². The van der Waals surface area contributed by atoms with Crippen molar-refractivity contribution >= 4 is 18.1 Å². The summed E-state index contributed by atoms with van der Waals surface area (Å²) in [4.78, 5) is 10.5. The number of carbonyl (C=O) groups excluding carboxylic acids is 1. The monoisotopic (exact) mass is 352 g/mol. The molecule has 0 aromatic heterocycles. The molecule has 0 saturated heterocycles. The topological polar surface area (TPSA) is 46.5 Å². The quantitative estimate of drug-likeness (QED) is 0.415. The van der Waals surface area contributed by atoms with Crippen LogP contribution in [0.2, 0.25) is 0 Å². The minimum absolute atomic E-state index is 0.373. The Hall–Kier alpha value is -3.07. The average Bonchev–Trinajstić information content (AvgIpc) is 2.63. The van der Waals surface area contributed by atoms with Gasteiger partial charge in [0.05, 0.1) is 6.26 Å². The number of rotatable bonds is 3. The van der Waals surface area contributed by atoms with E-state index in [2.05, 4.69) is 13.2 Å². The van der Waals surface area contributed by atoms with Crippen LogP contribution in [0.5, 0.6) is 0 Å². The smallest absolute Gasteiger partial charge is 0.330 e. The first-order chi connectivity index (χ1) is 12.3. The molecule has 0 heterocycles. The maximum atomic E-state index is 10.5. The van der Waals surface area contributed by atoms with E-state index in [-0.39, 0.29) is 5.97 Å². The Morgan fingerprint density at radius 1 is 0.923 bits per heavy atom. The van der Waals surface area contributed by atoms with Crippen molar-refractivity contribution in [1.82, 2.24) is 0 Å². The molecule has 2 rings (SSSR count). The minimum atomic E-state index is -0.398. The van der Waals surface area contributed by atoms with Crippen molar-refractivity contribution in [2.24, 2.45) is 0 Å². The van der Waals surface area contributed by atoms with E-state index in [0.29, 0.717) is 0 Å². The number of hydrogen-bond donors (Lipinski definition) is 1. The highest BCUT2D eigenvalue weighted by Crippen LogP contribution is 2.06. The van der Waals surface area contributed by atoms with E-state index >= 15 is 0 Å². The van der Waals surface area contributed by atoms with E-state index < -0.39 is 5.60 Å². The lowest BCUT2D eigenvalue weighted by atomic mass is 10.2. The Balaban J connectivity index is 0.000000361. The van der Waals surface area contributed by atoms with Crippen LogP contribution >= 0.6 is 0 Å². The Kier molecular flexibility index (Phi) is 11.7. The summed E-state index contributed by atoms with van der Waals surface area (Å²) in [6.07, 6.45) is 5.67. The molecule has 2 aromatic carbocycles. The van der Waals surface area contributed by atoms with E-state index in [1.54, 1.807) is 6.08 Å². The van der Waals surface area contributed by atoms with Gasteiger partial charge in [-0.25, -0.2) is 4.79 Å². The first-order valence-electron chi connectivity index (χ1n) is 8.21. The standard InChI is InChI=1S/C8H8O.C8H8.C7H12O2/c9-7-6-8-4-2-1-3-5-8;1-2-8-6-4-3-5-7-8;1-5-6(8)9-7(2,3)4/h1-7,9H;2-7H,1H2;5H,1H2,2-4H3. The molecule has 3 heteroatoms. The lowest BCUT2D eigenvalue weighted by Crippen LogP contribution is -2.22. The summed E-state index contributed by atoms with van der Waals surface area (Å²) >= 11 is 0. The largest absolute Gasteiger partial charge is 0.516 e. The number of benzene rings is 2. The van der Waals surface area contributed by atoms with Gasteiger partial charge in [0.25, 0.3) is 0 Å². The van der Waals surface area contributed by atoms with Crippen LogP contribution in [0.3, 0.4) is 0 Å². The molecule has 1 N–H and O–H groups in total. The highest BCUT2D eigenvalue weighted by molar-refractivity contribution is 5.81. The minimum Gasteiger partial charge on any atom is -0.516 e. The van der Waals surface area contributed by atoms with Crippen molar-refractivity contribution < 1.29 is 14.6 Å². The van der Waals surface area contributed by atoms with Crippen LogP contribution in [0.25, 0.3) is 12.2 Å². The summed E-state index contributed by atoms with van der Waals surface area (Å²) in [5.74, 6) is -0.373. The van der Waals surface area contributed by atoms with Crippen LogP contribution in [-0.2, 0) is 9.53 Å². The fourth-order valence-corrected chi connectivity index (χ4v) is 1.58. The Bertz CT molecular complexity index is 666. The molecule has 0 aliphatic heterocycles. The van der Waals surface area contributed by atoms with Gasteiger partial charge >= 0.3 is 5.97 Å². The fourth-order valence-electron chi connectivity index (χ4n) is 1.58. The molecule has 2 aromatic rings. The second-order valence-corrected chi connectivity index (χ2v) is 6.08. The Labute approximate surface area is 157 Å². The van der Waals surface area contributed by atoms with Crippen LogP contribution in [0.1, 0.15) is 31.9 Å². The van der Waals surface area contributed by atoms with Gasteiger partial charge in [-0.15, -0.1) is 0 Å². The second kappa shape index (κ2) is 13.2. The van der Waals surface area contributed by atoms with Gasteiger partial charge in [-0.2, -0.15) is 0 Å². The van der Waals surface area contributed by atoms with Gasteiger partial charge in [0.2, 0.25) is 0 Å². The predicted molar refractivity (Wildman–Crippen MR) is 111 cm³/mol. The van der Waals surface area contributed by atoms with Crippen LogP contribution in [0.4, 0.5) is 0 Å². The van der Waals surface area contributed by atoms with Crippen LogP contribution < -0.4 is 0 Å². The lowest BCUT2D eigenvalue weighted by Gasteiger charge is -2.17. The number of hydrogen-bond acceptors (Lipinski definition) is 3. The molecule has 0 aliphatic carbocycles. The molecular formula is C23H28O3. The maximum Gasteiger partial charge on any atom is 0.330 e. The lowest BCUT2D eigenvalue weighted by molar-refractivity contribution is -0.148. The molecule has 26 heavy (non-hydrogen) atoms. The zero-order chi connectivity index (χ0) is 19.8. The molecule has 0 bridgehead atoms. The van der Waals surface area contributed by atoms with Gasteiger partial charge < -0.3 is 9.84 Å². The summed E-state index contributed by atoms with van der Waals surface area (Å²) in [5.41, 5.74) is 1.79. The zero-order valence-electron chi connectivity index (χ0n) is 15.8. The summed E-state index contributed by atoms with van der Waals surface area (Å²) in [6.45, 7) is 12.3. The van der Waals surface area contributed by atoms with Crippen molar-refractivity contribution in [2.45, 2.75) is 26.4 Å². The average molecular weight is 352 g/mol. The van der Waals surface area contributed by atoms with Crippen molar-refractivity contribution in [2.75, 3.05) is 0 Å². The molecule has 138 valence electrons. The highest BCUT2D eigenvalue weighted by Gasteiger charge is 2.12. The number of ether oxygens (including phenoxy) is 1. The molecule has 0 unspecified atom stereocenters. The first-order valence-corrected chi connectivity index (χ1v) is 8.21. The van der Waals surface area contributed by atoms with Gasteiger partial charge in [0.15, 0.2) is 0 Å². The van der Waals surface area contributed by atoms with E-state index in [9.17, 15) is 4.79 Å². The van der Waals surface area contributed by atoms with E-state index in [1.165, 1.54) is 5.56 Å². The third kappa shape index (κ3) is 13.4. The van der Waals surface area contributed by atoms with Gasteiger partial charge in [-0.1, -0.05) is 79.9 Å². The Morgan fingerprint density at radius 3 is 1.65 bits per heavy atom. The summed E-state index contributed by atoms with van der Waals surface area (Å²) in [7, 11) is 0. The van der Waals surface area contributed by atoms with E-state index in [4.69, 9.17) is 9.84 Å². The van der Waals surface area contributed by atoms with Gasteiger partial charge in [0.1, 0.15) is 5.60 Å². The molecule has 0 amide bonds. The van der Waals surface area contributed by atoms with Crippen molar-refractivity contribution in [3.63, 3.8) is 0 Å². The van der Waals surface area contributed by atoms with Crippen molar-refractivity contribution in [1.29, 1.82) is 0 Å². The van der Waals surface area contributed by atoms with Crippen LogP contribution in [0, 0.1) is 0 Å². The van der Waals surface area contributed by atoms with Crippen LogP contribution in [0.15, 0.2) is 86.2 Å². The molecule has 0 spiro atoms. The SMILES string of the molecule is C=CC(=O)OC(C)(C)C.C=Cc1ccccc1.OC=Cc1ccccc1.